The number of pyridine rings is 1. The van der Waals surface area contributed by atoms with Gasteiger partial charge in [-0.2, -0.15) is 5.10 Å². The Morgan fingerprint density at radius 3 is 3.10 bits per heavy atom. The molecule has 1 amide bonds. The van der Waals surface area contributed by atoms with Crippen molar-refractivity contribution in [3.8, 4) is 0 Å². The SMILES string of the molecule is O=C(NCc1cc2ccccn2n1)c1cc(C2CC2)on1. The van der Waals surface area contributed by atoms with E-state index in [-0.39, 0.29) is 5.91 Å². The van der Waals surface area contributed by atoms with Crippen molar-refractivity contribution in [3.05, 3.63) is 53.7 Å². The van der Waals surface area contributed by atoms with Crippen LogP contribution in [-0.2, 0) is 6.54 Å². The molecule has 1 fully saturated rings. The number of fused-ring (bicyclic) bond motifs is 1. The monoisotopic (exact) mass is 282 g/mol. The second-order valence-corrected chi connectivity index (χ2v) is 5.28. The number of amides is 1. The summed E-state index contributed by atoms with van der Waals surface area (Å²) in [5.74, 6) is 1.04. The van der Waals surface area contributed by atoms with E-state index in [1.807, 2.05) is 30.5 Å². The van der Waals surface area contributed by atoms with E-state index in [1.165, 1.54) is 0 Å². The van der Waals surface area contributed by atoms with Crippen molar-refractivity contribution >= 4 is 11.4 Å². The Labute approximate surface area is 120 Å². The van der Waals surface area contributed by atoms with Crippen LogP contribution in [0.15, 0.2) is 41.1 Å². The topological polar surface area (TPSA) is 72.4 Å². The Morgan fingerprint density at radius 1 is 1.38 bits per heavy atom. The number of hydrogen-bond donors (Lipinski definition) is 1. The first kappa shape index (κ1) is 12.1. The predicted molar refractivity (Wildman–Crippen MR) is 74.8 cm³/mol. The highest BCUT2D eigenvalue weighted by atomic mass is 16.5. The molecular weight excluding hydrogens is 268 g/mol. The zero-order chi connectivity index (χ0) is 14.2. The van der Waals surface area contributed by atoms with Gasteiger partial charge in [-0.05, 0) is 31.0 Å². The number of rotatable bonds is 4. The van der Waals surface area contributed by atoms with Crippen LogP contribution in [0, 0.1) is 0 Å². The highest BCUT2D eigenvalue weighted by Gasteiger charge is 2.28. The number of carbonyl (C=O) groups excluding carboxylic acids is 1. The lowest BCUT2D eigenvalue weighted by atomic mass is 10.2. The molecule has 0 saturated heterocycles. The fraction of sp³-hybridized carbons (Fsp3) is 0.267. The largest absolute Gasteiger partial charge is 0.360 e. The molecule has 0 atom stereocenters. The van der Waals surface area contributed by atoms with Crippen LogP contribution in [0.25, 0.3) is 5.52 Å². The fourth-order valence-corrected chi connectivity index (χ4v) is 2.30. The minimum Gasteiger partial charge on any atom is -0.360 e. The zero-order valence-electron chi connectivity index (χ0n) is 11.3. The van der Waals surface area contributed by atoms with Gasteiger partial charge in [-0.3, -0.25) is 4.79 Å². The molecule has 3 aromatic rings. The van der Waals surface area contributed by atoms with Gasteiger partial charge in [0, 0.05) is 18.2 Å². The summed E-state index contributed by atoms with van der Waals surface area (Å²) < 4.78 is 6.96. The summed E-state index contributed by atoms with van der Waals surface area (Å²) in [6.07, 6.45) is 4.12. The second kappa shape index (κ2) is 4.73. The van der Waals surface area contributed by atoms with Crippen molar-refractivity contribution in [2.24, 2.45) is 0 Å². The molecule has 106 valence electrons. The quantitative estimate of drug-likeness (QED) is 0.795. The molecule has 21 heavy (non-hydrogen) atoms. The maximum absolute atomic E-state index is 12.0. The third-order valence-electron chi connectivity index (χ3n) is 3.59. The molecule has 0 radical (unpaired) electrons. The van der Waals surface area contributed by atoms with Crippen molar-refractivity contribution in [3.63, 3.8) is 0 Å². The second-order valence-electron chi connectivity index (χ2n) is 5.28. The number of carbonyl (C=O) groups is 1. The van der Waals surface area contributed by atoms with E-state index in [9.17, 15) is 4.79 Å². The van der Waals surface area contributed by atoms with Gasteiger partial charge < -0.3 is 9.84 Å². The van der Waals surface area contributed by atoms with E-state index in [0.717, 1.165) is 29.8 Å². The average molecular weight is 282 g/mol. The van der Waals surface area contributed by atoms with Crippen molar-refractivity contribution in [1.29, 1.82) is 0 Å². The molecule has 1 aliphatic rings. The maximum Gasteiger partial charge on any atom is 0.273 e. The smallest absolute Gasteiger partial charge is 0.273 e. The van der Waals surface area contributed by atoms with Gasteiger partial charge in [-0.1, -0.05) is 11.2 Å². The number of nitrogens with one attached hydrogen (secondary N) is 1. The van der Waals surface area contributed by atoms with Crippen LogP contribution in [0.1, 0.15) is 40.7 Å². The first-order valence-electron chi connectivity index (χ1n) is 6.98. The molecule has 1 N–H and O–H groups in total. The Kier molecular flexibility index (Phi) is 2.73. The summed E-state index contributed by atoms with van der Waals surface area (Å²) in [6.45, 7) is 0.367. The van der Waals surface area contributed by atoms with Crippen LogP contribution in [0.4, 0.5) is 0 Å². The van der Waals surface area contributed by atoms with Gasteiger partial charge in [0.05, 0.1) is 17.8 Å². The van der Waals surface area contributed by atoms with Crippen molar-refractivity contribution in [2.45, 2.75) is 25.3 Å². The summed E-state index contributed by atoms with van der Waals surface area (Å²) in [5.41, 5.74) is 2.14. The van der Waals surface area contributed by atoms with Crippen LogP contribution in [0.2, 0.25) is 0 Å². The lowest BCUT2D eigenvalue weighted by Gasteiger charge is -1.98. The van der Waals surface area contributed by atoms with Gasteiger partial charge in [-0.25, -0.2) is 4.52 Å². The van der Waals surface area contributed by atoms with Gasteiger partial charge in [0.15, 0.2) is 5.69 Å². The number of aromatic nitrogens is 3. The van der Waals surface area contributed by atoms with Gasteiger partial charge in [0.2, 0.25) is 0 Å². The highest BCUT2D eigenvalue weighted by molar-refractivity contribution is 5.92. The first-order chi connectivity index (χ1) is 10.3. The summed E-state index contributed by atoms with van der Waals surface area (Å²) in [7, 11) is 0. The third kappa shape index (κ3) is 2.40. The van der Waals surface area contributed by atoms with Crippen LogP contribution < -0.4 is 5.32 Å². The number of hydrogen-bond acceptors (Lipinski definition) is 4. The lowest BCUT2D eigenvalue weighted by molar-refractivity contribution is 0.0941. The van der Waals surface area contributed by atoms with E-state index in [0.29, 0.717) is 18.2 Å². The summed E-state index contributed by atoms with van der Waals surface area (Å²) in [5, 5.41) is 11.0. The van der Waals surface area contributed by atoms with Gasteiger partial charge in [0.25, 0.3) is 5.91 Å². The Morgan fingerprint density at radius 2 is 2.29 bits per heavy atom. The van der Waals surface area contributed by atoms with Crippen LogP contribution in [0.3, 0.4) is 0 Å². The standard InChI is InChI=1S/C15H14N4O2/c20-15(13-8-14(21-18-13)10-4-5-10)16-9-11-7-12-3-1-2-6-19(12)17-11/h1-3,6-8,10H,4-5,9H2,(H,16,20). The van der Waals surface area contributed by atoms with E-state index >= 15 is 0 Å². The molecule has 3 heterocycles. The minimum absolute atomic E-state index is 0.234. The molecule has 6 nitrogen and oxygen atoms in total. The first-order valence-corrected chi connectivity index (χ1v) is 6.98. The maximum atomic E-state index is 12.0. The van der Waals surface area contributed by atoms with E-state index in [1.54, 1.807) is 10.6 Å². The zero-order valence-corrected chi connectivity index (χ0v) is 11.3. The van der Waals surface area contributed by atoms with Gasteiger partial charge >= 0.3 is 0 Å². The van der Waals surface area contributed by atoms with Gasteiger partial charge in [0.1, 0.15) is 5.76 Å². The van der Waals surface area contributed by atoms with E-state index < -0.39 is 0 Å². The highest BCUT2D eigenvalue weighted by Crippen LogP contribution is 2.40. The minimum atomic E-state index is -0.234. The summed E-state index contributed by atoms with van der Waals surface area (Å²) >= 11 is 0. The van der Waals surface area contributed by atoms with E-state index in [2.05, 4.69) is 15.6 Å². The number of nitrogens with zero attached hydrogens (tertiary/aromatic N) is 3. The summed E-state index contributed by atoms with van der Waals surface area (Å²) in [6, 6.07) is 9.51. The summed E-state index contributed by atoms with van der Waals surface area (Å²) in [4.78, 5) is 12.0. The van der Waals surface area contributed by atoms with Gasteiger partial charge in [-0.15, -0.1) is 0 Å². The molecule has 6 heteroatoms. The molecule has 0 bridgehead atoms. The predicted octanol–water partition coefficient (Wildman–Crippen LogP) is 2.13. The molecule has 4 rings (SSSR count). The molecular formula is C15H14N4O2. The molecule has 3 aromatic heterocycles. The van der Waals surface area contributed by atoms with Crippen LogP contribution in [-0.4, -0.2) is 20.7 Å². The Balaban J connectivity index is 1.44. The van der Waals surface area contributed by atoms with Crippen LogP contribution >= 0.6 is 0 Å². The molecule has 0 unspecified atom stereocenters. The molecule has 1 saturated carbocycles. The molecule has 1 aliphatic carbocycles. The van der Waals surface area contributed by atoms with E-state index in [4.69, 9.17) is 4.52 Å². The van der Waals surface area contributed by atoms with Crippen molar-refractivity contribution in [1.82, 2.24) is 20.1 Å². The van der Waals surface area contributed by atoms with Crippen molar-refractivity contribution < 1.29 is 9.32 Å². The normalized spacial score (nSPS) is 14.5. The fourth-order valence-electron chi connectivity index (χ4n) is 2.30. The Hall–Kier alpha value is -2.63. The van der Waals surface area contributed by atoms with Crippen molar-refractivity contribution in [2.75, 3.05) is 0 Å². The lowest BCUT2D eigenvalue weighted by Crippen LogP contribution is -2.23. The van der Waals surface area contributed by atoms with Crippen LogP contribution in [0.5, 0.6) is 0 Å². The average Bonchev–Trinajstić information content (AvgIpc) is 3.09. The molecule has 0 spiro atoms. The molecule has 0 aromatic carbocycles. The Bertz CT molecular complexity index is 768. The third-order valence-corrected chi connectivity index (χ3v) is 3.59. The molecule has 0 aliphatic heterocycles.